The second-order valence-corrected chi connectivity index (χ2v) is 7.44. The maximum Gasteiger partial charge on any atom is 0.191 e. The summed E-state index contributed by atoms with van der Waals surface area (Å²) in [7, 11) is 6.26. The van der Waals surface area contributed by atoms with Gasteiger partial charge in [-0.2, -0.15) is 0 Å². The van der Waals surface area contributed by atoms with Crippen LogP contribution in [0.2, 0.25) is 0 Å². The van der Waals surface area contributed by atoms with E-state index in [1.807, 2.05) is 19.3 Å². The second-order valence-electron chi connectivity index (χ2n) is 7.44. The van der Waals surface area contributed by atoms with E-state index in [2.05, 4.69) is 61.5 Å². The van der Waals surface area contributed by atoms with Gasteiger partial charge >= 0.3 is 0 Å². The molecule has 27 heavy (non-hydrogen) atoms. The fourth-order valence-electron chi connectivity index (χ4n) is 3.72. The Morgan fingerprint density at radius 1 is 1.19 bits per heavy atom. The molecule has 1 aromatic rings. The number of aliphatic imine (C=N–C) groups is 1. The molecular weight excluding hydrogens is 453 g/mol. The van der Waals surface area contributed by atoms with Crippen molar-refractivity contribution >= 4 is 35.8 Å². The van der Waals surface area contributed by atoms with Crippen LogP contribution in [0.4, 0.5) is 5.82 Å². The lowest BCUT2D eigenvalue weighted by Gasteiger charge is -2.38. The average molecular weight is 487 g/mol. The molecule has 152 valence electrons. The van der Waals surface area contributed by atoms with Gasteiger partial charge in [-0.3, -0.25) is 9.89 Å². The van der Waals surface area contributed by atoms with Crippen molar-refractivity contribution in [1.82, 2.24) is 25.4 Å². The van der Waals surface area contributed by atoms with Crippen molar-refractivity contribution < 1.29 is 0 Å². The number of anilines is 1. The van der Waals surface area contributed by atoms with Crippen LogP contribution in [-0.4, -0.2) is 93.2 Å². The van der Waals surface area contributed by atoms with Crippen LogP contribution in [0.25, 0.3) is 0 Å². The summed E-state index contributed by atoms with van der Waals surface area (Å²) >= 11 is 0. The minimum Gasteiger partial charge on any atom is -0.356 e. The Morgan fingerprint density at radius 3 is 2.63 bits per heavy atom. The zero-order chi connectivity index (χ0) is 18.4. The fraction of sp³-hybridized carbons (Fsp3) is 0.684. The molecule has 2 N–H and O–H groups in total. The van der Waals surface area contributed by atoms with E-state index in [-0.39, 0.29) is 24.0 Å². The summed E-state index contributed by atoms with van der Waals surface area (Å²) in [6.07, 6.45) is 4.07. The topological polar surface area (TPSA) is 59.0 Å². The third kappa shape index (κ3) is 6.46. The quantitative estimate of drug-likeness (QED) is 0.377. The molecule has 0 aliphatic carbocycles. The van der Waals surface area contributed by atoms with Crippen molar-refractivity contribution in [2.45, 2.75) is 24.9 Å². The van der Waals surface area contributed by atoms with E-state index >= 15 is 0 Å². The lowest BCUT2D eigenvalue weighted by Crippen LogP contribution is -2.56. The minimum atomic E-state index is 0. The number of likely N-dealkylation sites (N-methyl/N-ethyl adjacent to an activating group) is 2. The van der Waals surface area contributed by atoms with Crippen molar-refractivity contribution in [2.24, 2.45) is 4.99 Å². The lowest BCUT2D eigenvalue weighted by atomic mass is 10.1. The molecule has 2 saturated heterocycles. The number of pyridine rings is 1. The van der Waals surface area contributed by atoms with E-state index in [1.165, 1.54) is 0 Å². The molecule has 7 nitrogen and oxygen atoms in total. The first-order chi connectivity index (χ1) is 12.7. The van der Waals surface area contributed by atoms with Crippen molar-refractivity contribution in [1.29, 1.82) is 0 Å². The summed E-state index contributed by atoms with van der Waals surface area (Å²) in [6.45, 7) is 6.36. The van der Waals surface area contributed by atoms with E-state index in [1.54, 1.807) is 0 Å². The zero-order valence-electron chi connectivity index (χ0n) is 16.8. The summed E-state index contributed by atoms with van der Waals surface area (Å²) in [5.41, 5.74) is 0. The number of rotatable bonds is 4. The Morgan fingerprint density at radius 2 is 1.96 bits per heavy atom. The number of piperidine rings is 1. The fourth-order valence-corrected chi connectivity index (χ4v) is 3.72. The predicted octanol–water partition coefficient (Wildman–Crippen LogP) is 1.08. The molecule has 3 heterocycles. The molecule has 8 heteroatoms. The van der Waals surface area contributed by atoms with Crippen LogP contribution >= 0.6 is 24.0 Å². The molecule has 1 aromatic heterocycles. The highest BCUT2D eigenvalue weighted by atomic mass is 127. The Kier molecular flexibility index (Phi) is 9.04. The first-order valence-electron chi connectivity index (χ1n) is 9.67. The van der Waals surface area contributed by atoms with Gasteiger partial charge in [-0.25, -0.2) is 4.98 Å². The van der Waals surface area contributed by atoms with Gasteiger partial charge in [-0.1, -0.05) is 6.07 Å². The van der Waals surface area contributed by atoms with Crippen LogP contribution < -0.4 is 15.5 Å². The molecule has 0 saturated carbocycles. The molecule has 0 aromatic carbocycles. The van der Waals surface area contributed by atoms with E-state index in [0.717, 1.165) is 63.9 Å². The summed E-state index contributed by atoms with van der Waals surface area (Å²) in [6, 6.07) is 7.10. The van der Waals surface area contributed by atoms with E-state index in [0.29, 0.717) is 12.1 Å². The van der Waals surface area contributed by atoms with Crippen LogP contribution in [-0.2, 0) is 0 Å². The molecule has 1 atom stereocenters. The Hall–Kier alpha value is -1.13. The van der Waals surface area contributed by atoms with Crippen molar-refractivity contribution in [3.63, 3.8) is 0 Å². The number of nitrogens with one attached hydrogen (secondary N) is 2. The van der Waals surface area contributed by atoms with Crippen molar-refractivity contribution in [3.05, 3.63) is 24.4 Å². The Bertz CT molecular complexity index is 575. The number of hydrogen-bond acceptors (Lipinski definition) is 5. The molecular formula is C19H34IN7. The molecule has 2 aliphatic heterocycles. The van der Waals surface area contributed by atoms with E-state index in [9.17, 15) is 0 Å². The van der Waals surface area contributed by atoms with Gasteiger partial charge in [0.1, 0.15) is 5.82 Å². The molecule has 3 rings (SSSR count). The first-order valence-corrected chi connectivity index (χ1v) is 9.67. The number of guanidine groups is 1. The number of halogens is 1. The van der Waals surface area contributed by atoms with Gasteiger partial charge in [0.25, 0.3) is 0 Å². The standard InChI is InChI=1S/C19H33N7.HI/c1-20-19(22-14-17-15-24(2)12-13-25(17)3)23-16-7-10-26(11-8-16)18-6-4-5-9-21-18;/h4-6,9,16-17H,7-8,10-15H2,1-3H3,(H2,20,22,23);1H. The SMILES string of the molecule is CN=C(NCC1CN(C)CCN1C)NC1CCN(c2ccccn2)CC1.I. The summed E-state index contributed by atoms with van der Waals surface area (Å²) < 4.78 is 0. The second kappa shape index (κ2) is 11.0. The molecule has 2 aliphatic rings. The zero-order valence-corrected chi connectivity index (χ0v) is 19.1. The van der Waals surface area contributed by atoms with Gasteiger partial charge in [0, 0.05) is 64.6 Å². The van der Waals surface area contributed by atoms with E-state index < -0.39 is 0 Å². The van der Waals surface area contributed by atoms with Crippen LogP contribution in [0.5, 0.6) is 0 Å². The molecule has 1 unspecified atom stereocenters. The monoisotopic (exact) mass is 487 g/mol. The predicted molar refractivity (Wildman–Crippen MR) is 123 cm³/mol. The molecule has 0 radical (unpaired) electrons. The summed E-state index contributed by atoms with van der Waals surface area (Å²) in [5, 5.41) is 7.13. The maximum absolute atomic E-state index is 4.46. The summed E-state index contributed by atoms with van der Waals surface area (Å²) in [4.78, 5) is 16.1. The average Bonchev–Trinajstić information content (AvgIpc) is 2.68. The highest BCUT2D eigenvalue weighted by molar-refractivity contribution is 14.0. The van der Waals surface area contributed by atoms with Crippen molar-refractivity contribution in [3.8, 4) is 0 Å². The molecule has 0 bridgehead atoms. The molecule has 2 fully saturated rings. The number of aromatic nitrogens is 1. The normalized spacial score (nSPS) is 23.0. The van der Waals surface area contributed by atoms with E-state index in [4.69, 9.17) is 0 Å². The smallest absolute Gasteiger partial charge is 0.191 e. The maximum atomic E-state index is 4.46. The van der Waals surface area contributed by atoms with Gasteiger partial charge in [0.2, 0.25) is 0 Å². The van der Waals surface area contributed by atoms with Gasteiger partial charge in [-0.15, -0.1) is 24.0 Å². The van der Waals surface area contributed by atoms with Gasteiger partial charge in [-0.05, 0) is 39.1 Å². The third-order valence-corrected chi connectivity index (χ3v) is 5.52. The van der Waals surface area contributed by atoms with Crippen LogP contribution in [0.15, 0.2) is 29.4 Å². The van der Waals surface area contributed by atoms with Crippen molar-refractivity contribution in [2.75, 3.05) is 65.3 Å². The number of hydrogen-bond donors (Lipinski definition) is 2. The summed E-state index contributed by atoms with van der Waals surface area (Å²) in [5.74, 6) is 2.00. The van der Waals surface area contributed by atoms with Crippen LogP contribution in [0.3, 0.4) is 0 Å². The third-order valence-electron chi connectivity index (χ3n) is 5.52. The van der Waals surface area contributed by atoms with Crippen LogP contribution in [0.1, 0.15) is 12.8 Å². The van der Waals surface area contributed by atoms with Gasteiger partial charge < -0.3 is 20.4 Å². The molecule has 0 amide bonds. The Labute approximate surface area is 180 Å². The van der Waals surface area contributed by atoms with Gasteiger partial charge in [0.05, 0.1) is 0 Å². The lowest BCUT2D eigenvalue weighted by molar-refractivity contribution is 0.116. The van der Waals surface area contributed by atoms with Crippen LogP contribution in [0, 0.1) is 0 Å². The highest BCUT2D eigenvalue weighted by Gasteiger charge is 2.23. The highest BCUT2D eigenvalue weighted by Crippen LogP contribution is 2.17. The minimum absolute atomic E-state index is 0. The largest absolute Gasteiger partial charge is 0.356 e. The Balaban J connectivity index is 0.00000261. The molecule has 0 spiro atoms. The number of nitrogens with zero attached hydrogens (tertiary/aromatic N) is 5. The van der Waals surface area contributed by atoms with Gasteiger partial charge in [0.15, 0.2) is 5.96 Å². The first kappa shape index (κ1) is 22.2. The number of piperazine rings is 1.